The van der Waals surface area contributed by atoms with E-state index < -0.39 is 0 Å². The number of benzene rings is 5. The van der Waals surface area contributed by atoms with Crippen LogP contribution in [0.2, 0.25) is 0 Å². The molecule has 0 bridgehead atoms. The van der Waals surface area contributed by atoms with Crippen LogP contribution in [0.25, 0.3) is 54.9 Å². The van der Waals surface area contributed by atoms with E-state index in [0.29, 0.717) is 11.5 Å². The van der Waals surface area contributed by atoms with E-state index in [-0.39, 0.29) is 26.5 Å². The molecule has 48 heavy (non-hydrogen) atoms. The molecule has 0 aliphatic carbocycles. The second-order valence-electron chi connectivity index (χ2n) is 12.5. The summed E-state index contributed by atoms with van der Waals surface area (Å²) in [6, 6.07) is 42.0. The summed E-state index contributed by atoms with van der Waals surface area (Å²) in [7, 11) is 0. The average molecular weight is 802 g/mol. The van der Waals surface area contributed by atoms with Crippen LogP contribution in [0.1, 0.15) is 25.0 Å². The molecule has 0 saturated carbocycles. The molecule has 9 aromatic rings. The van der Waals surface area contributed by atoms with Gasteiger partial charge in [0, 0.05) is 62.9 Å². The van der Waals surface area contributed by atoms with Gasteiger partial charge in [-0.1, -0.05) is 72.8 Å². The standard InChI is InChI=1S/C41H26N4O2.Pt/c1-41(2)32-13-4-6-15-35(32)47-36-19-18-34-37(38(36)41)30-12-8-20-42-40(30)45(34)25-9-7-10-26(23-25)46-27-16-17-28-29-11-3-5-14-33(29)44-22-21-43-39(44)31(28)24-27;/h3-22H,1-2H3;/q-2;+2. The topological polar surface area (TPSA) is 53.6 Å². The molecule has 1 aliphatic heterocycles. The molecule has 6 nitrogen and oxygen atoms in total. The Bertz CT molecular complexity index is 2740. The molecule has 4 aromatic heterocycles. The Morgan fingerprint density at radius 3 is 2.42 bits per heavy atom. The van der Waals surface area contributed by atoms with Gasteiger partial charge in [-0.15, -0.1) is 30.3 Å². The number of hydrogen-bond acceptors (Lipinski definition) is 4. The Balaban J connectivity index is 0.00000314. The maximum Gasteiger partial charge on any atom is 2.00 e. The summed E-state index contributed by atoms with van der Waals surface area (Å²) in [5.74, 6) is 2.95. The maximum absolute atomic E-state index is 6.48. The van der Waals surface area contributed by atoms with Gasteiger partial charge in [-0.25, -0.2) is 4.98 Å². The average Bonchev–Trinajstić information content (AvgIpc) is 3.72. The largest absolute Gasteiger partial charge is 2.00 e. The minimum Gasteiger partial charge on any atom is -0.503 e. The van der Waals surface area contributed by atoms with E-state index in [1.807, 2.05) is 67.1 Å². The van der Waals surface area contributed by atoms with E-state index in [0.717, 1.165) is 72.0 Å². The van der Waals surface area contributed by atoms with E-state index in [2.05, 4.69) is 94.5 Å². The summed E-state index contributed by atoms with van der Waals surface area (Å²) in [4.78, 5) is 9.53. The number of ether oxygens (including phenoxy) is 2. The molecule has 0 spiro atoms. The first-order valence-electron chi connectivity index (χ1n) is 15.7. The van der Waals surface area contributed by atoms with Crippen LogP contribution in [0.4, 0.5) is 0 Å². The van der Waals surface area contributed by atoms with Gasteiger partial charge in [-0.2, -0.15) is 6.07 Å². The minimum absolute atomic E-state index is 0. The third kappa shape index (κ3) is 4.02. The molecule has 232 valence electrons. The summed E-state index contributed by atoms with van der Waals surface area (Å²) in [6.07, 6.45) is 5.65. The quantitative estimate of drug-likeness (QED) is 0.132. The predicted octanol–water partition coefficient (Wildman–Crippen LogP) is 9.95. The fraction of sp³-hybridized carbons (Fsp3) is 0.0732. The molecule has 0 unspecified atom stereocenters. The van der Waals surface area contributed by atoms with Gasteiger partial charge < -0.3 is 18.4 Å². The van der Waals surface area contributed by atoms with Crippen LogP contribution in [-0.2, 0) is 26.5 Å². The van der Waals surface area contributed by atoms with Crippen molar-refractivity contribution in [2.45, 2.75) is 19.3 Å². The number of fused-ring (bicyclic) bond motifs is 12. The van der Waals surface area contributed by atoms with Crippen molar-refractivity contribution >= 4 is 49.3 Å². The fourth-order valence-electron chi connectivity index (χ4n) is 7.46. The second-order valence-corrected chi connectivity index (χ2v) is 12.5. The van der Waals surface area contributed by atoms with E-state index in [9.17, 15) is 0 Å². The van der Waals surface area contributed by atoms with Crippen LogP contribution in [0, 0.1) is 12.1 Å². The van der Waals surface area contributed by atoms with Crippen molar-refractivity contribution < 1.29 is 30.5 Å². The number of hydrogen-bond donors (Lipinski definition) is 0. The van der Waals surface area contributed by atoms with E-state index >= 15 is 0 Å². The summed E-state index contributed by atoms with van der Waals surface area (Å²) >= 11 is 0. The number of nitrogens with zero attached hydrogens (tertiary/aromatic N) is 4. The molecule has 0 atom stereocenters. The van der Waals surface area contributed by atoms with Gasteiger partial charge >= 0.3 is 21.1 Å². The van der Waals surface area contributed by atoms with Crippen molar-refractivity contribution in [2.75, 3.05) is 0 Å². The molecule has 0 fully saturated rings. The third-order valence-electron chi connectivity index (χ3n) is 9.51. The van der Waals surface area contributed by atoms with E-state index in [4.69, 9.17) is 14.5 Å². The molecule has 1 aliphatic rings. The molecule has 5 aromatic carbocycles. The zero-order valence-electron chi connectivity index (χ0n) is 26.0. The number of imidazole rings is 1. The first kappa shape index (κ1) is 28.7. The zero-order chi connectivity index (χ0) is 31.3. The Kier molecular flexibility index (Phi) is 6.31. The van der Waals surface area contributed by atoms with Gasteiger partial charge in [0.15, 0.2) is 0 Å². The smallest absolute Gasteiger partial charge is 0.503 e. The zero-order valence-corrected chi connectivity index (χ0v) is 28.2. The van der Waals surface area contributed by atoms with Gasteiger partial charge in [0.1, 0.15) is 17.1 Å². The molecular formula is C41H26N4O2Pt. The van der Waals surface area contributed by atoms with Crippen LogP contribution < -0.4 is 9.47 Å². The molecule has 0 amide bonds. The molecule has 0 radical (unpaired) electrons. The molecule has 0 N–H and O–H groups in total. The van der Waals surface area contributed by atoms with Gasteiger partial charge in [0.05, 0.1) is 11.2 Å². The van der Waals surface area contributed by atoms with Crippen molar-refractivity contribution in [3.63, 3.8) is 0 Å². The second kappa shape index (κ2) is 10.5. The Labute approximate surface area is 290 Å². The number of aromatic nitrogens is 4. The van der Waals surface area contributed by atoms with Crippen LogP contribution in [0.15, 0.2) is 122 Å². The maximum atomic E-state index is 6.48. The summed E-state index contributed by atoms with van der Waals surface area (Å²) < 4.78 is 17.2. The first-order valence-corrected chi connectivity index (χ1v) is 15.7. The van der Waals surface area contributed by atoms with Crippen LogP contribution in [-0.4, -0.2) is 18.9 Å². The minimum atomic E-state index is -0.287. The van der Waals surface area contributed by atoms with E-state index in [1.54, 1.807) is 0 Å². The first-order chi connectivity index (χ1) is 23.1. The van der Waals surface area contributed by atoms with Crippen molar-refractivity contribution in [1.82, 2.24) is 18.9 Å². The third-order valence-corrected chi connectivity index (χ3v) is 9.51. The number of rotatable bonds is 3. The van der Waals surface area contributed by atoms with Gasteiger partial charge in [-0.3, -0.25) is 4.98 Å². The van der Waals surface area contributed by atoms with Gasteiger partial charge in [0.25, 0.3) is 0 Å². The van der Waals surface area contributed by atoms with Crippen molar-refractivity contribution in [2.24, 2.45) is 0 Å². The molecule has 10 rings (SSSR count). The van der Waals surface area contributed by atoms with Crippen molar-refractivity contribution in [1.29, 1.82) is 0 Å². The monoisotopic (exact) mass is 801 g/mol. The molecule has 5 heterocycles. The predicted molar refractivity (Wildman–Crippen MR) is 185 cm³/mol. The normalized spacial score (nSPS) is 13.4. The Morgan fingerprint density at radius 1 is 0.667 bits per heavy atom. The SMILES string of the molecule is CC1(C)c2ccccc2Oc2ccc3c(c21)c1cccnc1n3-c1[c-]c(Oc2[c-]c3c(cc2)c2ccccc2n2ccnc32)ccc1.[Pt+2]. The van der Waals surface area contributed by atoms with E-state index in [1.165, 1.54) is 5.56 Å². The van der Waals surface area contributed by atoms with Gasteiger partial charge in [-0.05, 0) is 41.8 Å². The summed E-state index contributed by atoms with van der Waals surface area (Å²) in [5.41, 5.74) is 6.70. The summed E-state index contributed by atoms with van der Waals surface area (Å²) in [5, 5.41) is 5.32. The van der Waals surface area contributed by atoms with Crippen LogP contribution >= 0.6 is 0 Å². The fourth-order valence-corrected chi connectivity index (χ4v) is 7.46. The Hall–Kier alpha value is -5.45. The van der Waals surface area contributed by atoms with Crippen molar-refractivity contribution in [3.05, 3.63) is 145 Å². The van der Waals surface area contributed by atoms with Gasteiger partial charge in [0.2, 0.25) is 0 Å². The Morgan fingerprint density at radius 2 is 1.48 bits per heavy atom. The number of para-hydroxylation sites is 2. The van der Waals surface area contributed by atoms with Crippen LogP contribution in [0.3, 0.4) is 0 Å². The molecular weight excluding hydrogens is 776 g/mol. The summed E-state index contributed by atoms with van der Waals surface area (Å²) in [6.45, 7) is 4.54. The molecule has 0 saturated heterocycles. The van der Waals surface area contributed by atoms with Crippen LogP contribution in [0.5, 0.6) is 23.0 Å². The van der Waals surface area contributed by atoms with Crippen molar-refractivity contribution in [3.8, 4) is 28.7 Å². The molecule has 7 heteroatoms. The number of pyridine rings is 2.